The molecule has 0 aliphatic rings. The number of ether oxygens (including phenoxy) is 1. The van der Waals surface area contributed by atoms with Crippen LogP contribution in [0.25, 0.3) is 0 Å². The van der Waals surface area contributed by atoms with Gasteiger partial charge in [0.15, 0.2) is 5.78 Å². The largest absolute Gasteiger partial charge is 0.490 e. The van der Waals surface area contributed by atoms with Gasteiger partial charge in [-0.05, 0) is 44.2 Å². The van der Waals surface area contributed by atoms with E-state index in [1.807, 2.05) is 62.4 Å². The van der Waals surface area contributed by atoms with Gasteiger partial charge in [-0.2, -0.15) is 0 Å². The van der Waals surface area contributed by atoms with Crippen molar-refractivity contribution in [2.75, 3.05) is 6.61 Å². The first-order valence-electron chi connectivity index (χ1n) is 6.63. The number of hydrogen-bond acceptors (Lipinski definition) is 2. The highest BCUT2D eigenvalue weighted by molar-refractivity contribution is 6.08. The Bertz CT molecular complexity index is 591. The van der Waals surface area contributed by atoms with Crippen LogP contribution in [0.5, 0.6) is 5.75 Å². The van der Waals surface area contributed by atoms with Gasteiger partial charge < -0.3 is 4.74 Å². The van der Waals surface area contributed by atoms with Crippen LogP contribution in [0.1, 0.15) is 29.8 Å². The van der Waals surface area contributed by atoms with Crippen LogP contribution in [0, 0.1) is 0 Å². The molecule has 0 N–H and O–H groups in total. The minimum atomic E-state index is 0.0291. The minimum absolute atomic E-state index is 0.0291. The van der Waals surface area contributed by atoms with Gasteiger partial charge in [-0.1, -0.05) is 35.9 Å². The lowest BCUT2D eigenvalue weighted by atomic mass is 10.0. The SMILES string of the molecule is CC(C)=CCOc1ccc(C(=O)c2ccccc2)cc1. The number of ketones is 1. The lowest BCUT2D eigenvalue weighted by Crippen LogP contribution is -2.01. The summed E-state index contributed by atoms with van der Waals surface area (Å²) in [4.78, 5) is 12.2. The first-order valence-corrected chi connectivity index (χ1v) is 6.63. The van der Waals surface area contributed by atoms with E-state index in [0.717, 1.165) is 5.75 Å². The number of allylic oxidation sites excluding steroid dienone is 1. The molecule has 2 nitrogen and oxygen atoms in total. The Morgan fingerprint density at radius 2 is 1.55 bits per heavy atom. The maximum atomic E-state index is 12.2. The normalized spacial score (nSPS) is 9.90. The van der Waals surface area contributed by atoms with E-state index in [1.54, 1.807) is 12.1 Å². The monoisotopic (exact) mass is 266 g/mol. The molecule has 0 aliphatic carbocycles. The maximum Gasteiger partial charge on any atom is 0.193 e. The summed E-state index contributed by atoms with van der Waals surface area (Å²) in [5.41, 5.74) is 2.59. The molecule has 0 bridgehead atoms. The molecular formula is C18H18O2. The average molecular weight is 266 g/mol. The number of benzene rings is 2. The predicted molar refractivity (Wildman–Crippen MR) is 81.2 cm³/mol. The zero-order chi connectivity index (χ0) is 14.4. The fourth-order valence-corrected chi connectivity index (χ4v) is 1.76. The van der Waals surface area contributed by atoms with Gasteiger partial charge in [0.05, 0.1) is 0 Å². The van der Waals surface area contributed by atoms with Crippen molar-refractivity contribution in [3.05, 3.63) is 77.4 Å². The van der Waals surface area contributed by atoms with Gasteiger partial charge in [-0.25, -0.2) is 0 Å². The van der Waals surface area contributed by atoms with Crippen molar-refractivity contribution in [1.29, 1.82) is 0 Å². The molecule has 0 aliphatic heterocycles. The highest BCUT2D eigenvalue weighted by atomic mass is 16.5. The molecule has 0 spiro atoms. The molecule has 2 aromatic carbocycles. The number of carbonyl (C=O) groups is 1. The highest BCUT2D eigenvalue weighted by Crippen LogP contribution is 2.15. The Morgan fingerprint density at radius 3 is 2.15 bits per heavy atom. The van der Waals surface area contributed by atoms with Gasteiger partial charge in [0.25, 0.3) is 0 Å². The first kappa shape index (κ1) is 14.1. The van der Waals surface area contributed by atoms with Crippen molar-refractivity contribution >= 4 is 5.78 Å². The fourth-order valence-electron chi connectivity index (χ4n) is 1.76. The predicted octanol–water partition coefficient (Wildman–Crippen LogP) is 4.26. The van der Waals surface area contributed by atoms with Crippen LogP contribution in [0.3, 0.4) is 0 Å². The van der Waals surface area contributed by atoms with Crippen LogP contribution >= 0.6 is 0 Å². The molecule has 0 radical (unpaired) electrons. The smallest absolute Gasteiger partial charge is 0.193 e. The molecular weight excluding hydrogens is 248 g/mol. The number of hydrogen-bond donors (Lipinski definition) is 0. The Kier molecular flexibility index (Phi) is 4.72. The third-order valence-corrected chi connectivity index (χ3v) is 2.89. The van der Waals surface area contributed by atoms with E-state index in [9.17, 15) is 4.79 Å². The van der Waals surface area contributed by atoms with E-state index < -0.39 is 0 Å². The summed E-state index contributed by atoms with van der Waals surface area (Å²) in [5, 5.41) is 0. The molecule has 0 heterocycles. The van der Waals surface area contributed by atoms with E-state index >= 15 is 0 Å². The second kappa shape index (κ2) is 6.71. The Morgan fingerprint density at radius 1 is 0.950 bits per heavy atom. The van der Waals surface area contributed by atoms with E-state index in [1.165, 1.54) is 5.57 Å². The van der Waals surface area contributed by atoms with E-state index in [4.69, 9.17) is 4.74 Å². The van der Waals surface area contributed by atoms with Gasteiger partial charge >= 0.3 is 0 Å². The highest BCUT2D eigenvalue weighted by Gasteiger charge is 2.07. The van der Waals surface area contributed by atoms with Crippen LogP contribution in [0.15, 0.2) is 66.2 Å². The Hall–Kier alpha value is -2.35. The summed E-state index contributed by atoms with van der Waals surface area (Å²) < 4.78 is 5.57. The molecule has 0 saturated heterocycles. The zero-order valence-electron chi connectivity index (χ0n) is 11.8. The van der Waals surface area contributed by atoms with Crippen molar-refractivity contribution in [1.82, 2.24) is 0 Å². The summed E-state index contributed by atoms with van der Waals surface area (Å²) in [6.07, 6.45) is 2.02. The summed E-state index contributed by atoms with van der Waals surface area (Å²) in [6, 6.07) is 16.5. The molecule has 0 fully saturated rings. The topological polar surface area (TPSA) is 26.3 Å². The Labute approximate surface area is 119 Å². The molecule has 0 atom stereocenters. The third-order valence-electron chi connectivity index (χ3n) is 2.89. The summed E-state index contributed by atoms with van der Waals surface area (Å²) in [7, 11) is 0. The summed E-state index contributed by atoms with van der Waals surface area (Å²) in [5.74, 6) is 0.800. The van der Waals surface area contributed by atoms with Crippen LogP contribution in [-0.4, -0.2) is 12.4 Å². The number of carbonyl (C=O) groups excluding carboxylic acids is 1. The van der Waals surface area contributed by atoms with Crippen molar-refractivity contribution in [3.8, 4) is 5.75 Å². The van der Waals surface area contributed by atoms with Crippen LogP contribution in [-0.2, 0) is 0 Å². The van der Waals surface area contributed by atoms with Crippen molar-refractivity contribution in [2.24, 2.45) is 0 Å². The van der Waals surface area contributed by atoms with Crippen LogP contribution < -0.4 is 4.74 Å². The zero-order valence-corrected chi connectivity index (χ0v) is 11.8. The molecule has 102 valence electrons. The Balaban J connectivity index is 2.05. The van der Waals surface area contributed by atoms with Crippen LogP contribution in [0.4, 0.5) is 0 Å². The van der Waals surface area contributed by atoms with Gasteiger partial charge in [-0.15, -0.1) is 0 Å². The summed E-state index contributed by atoms with van der Waals surface area (Å²) >= 11 is 0. The molecule has 0 unspecified atom stereocenters. The van der Waals surface area contributed by atoms with Gasteiger partial charge in [0.2, 0.25) is 0 Å². The molecule has 0 amide bonds. The van der Waals surface area contributed by atoms with Gasteiger partial charge in [0, 0.05) is 11.1 Å². The average Bonchev–Trinajstić information content (AvgIpc) is 2.48. The maximum absolute atomic E-state index is 12.2. The summed E-state index contributed by atoms with van der Waals surface area (Å²) in [6.45, 7) is 4.62. The standard InChI is InChI=1S/C18H18O2/c1-14(2)12-13-20-17-10-8-16(9-11-17)18(19)15-6-4-3-5-7-15/h3-12H,13H2,1-2H3. The molecule has 0 saturated carbocycles. The van der Waals surface area contributed by atoms with Gasteiger partial charge in [0.1, 0.15) is 12.4 Å². The second-order valence-corrected chi connectivity index (χ2v) is 4.81. The lowest BCUT2D eigenvalue weighted by Gasteiger charge is -2.05. The molecule has 0 aromatic heterocycles. The third kappa shape index (κ3) is 3.82. The van der Waals surface area contributed by atoms with E-state index in [-0.39, 0.29) is 5.78 Å². The van der Waals surface area contributed by atoms with E-state index in [2.05, 4.69) is 0 Å². The number of rotatable bonds is 5. The quantitative estimate of drug-likeness (QED) is 0.597. The van der Waals surface area contributed by atoms with Crippen LogP contribution in [0.2, 0.25) is 0 Å². The lowest BCUT2D eigenvalue weighted by molar-refractivity contribution is 0.103. The minimum Gasteiger partial charge on any atom is -0.490 e. The molecule has 20 heavy (non-hydrogen) atoms. The fraction of sp³-hybridized carbons (Fsp3) is 0.167. The van der Waals surface area contributed by atoms with Gasteiger partial charge in [-0.3, -0.25) is 4.79 Å². The van der Waals surface area contributed by atoms with Crippen molar-refractivity contribution in [2.45, 2.75) is 13.8 Å². The molecule has 2 rings (SSSR count). The van der Waals surface area contributed by atoms with E-state index in [0.29, 0.717) is 17.7 Å². The van der Waals surface area contributed by atoms with Crippen molar-refractivity contribution < 1.29 is 9.53 Å². The molecule has 2 aromatic rings. The second-order valence-electron chi connectivity index (χ2n) is 4.81. The first-order chi connectivity index (χ1) is 9.66. The van der Waals surface area contributed by atoms with Crippen molar-refractivity contribution in [3.63, 3.8) is 0 Å². The molecule has 2 heteroatoms.